The van der Waals surface area contributed by atoms with Crippen LogP contribution in [0.5, 0.6) is 0 Å². The monoisotopic (exact) mass is 393 g/mol. The third kappa shape index (κ3) is 3.87. The first kappa shape index (κ1) is 20.2. The van der Waals surface area contributed by atoms with Crippen molar-refractivity contribution in [1.82, 2.24) is 24.2 Å². The van der Waals surface area contributed by atoms with E-state index in [1.165, 1.54) is 36.7 Å². The Labute approximate surface area is 168 Å². The molecule has 1 aromatic carbocycles. The average molecular weight is 393 g/mol. The van der Waals surface area contributed by atoms with E-state index in [-0.39, 0.29) is 5.95 Å². The van der Waals surface area contributed by atoms with Gasteiger partial charge in [0.25, 0.3) is 11.5 Å². The summed E-state index contributed by atoms with van der Waals surface area (Å²) < 4.78 is 2.61. The van der Waals surface area contributed by atoms with Crippen molar-refractivity contribution in [2.45, 2.75) is 26.8 Å². The molecule has 3 rings (SSSR count). The van der Waals surface area contributed by atoms with Crippen LogP contribution < -0.4 is 5.56 Å². The highest BCUT2D eigenvalue weighted by Crippen LogP contribution is 2.21. The van der Waals surface area contributed by atoms with E-state index >= 15 is 0 Å². The summed E-state index contributed by atoms with van der Waals surface area (Å²) >= 11 is 0. The van der Waals surface area contributed by atoms with Gasteiger partial charge in [0, 0.05) is 31.4 Å². The number of carbonyl (C=O) groups excluding carboxylic acids is 2. The van der Waals surface area contributed by atoms with Crippen LogP contribution in [0.4, 0.5) is 0 Å². The number of benzene rings is 1. The first-order chi connectivity index (χ1) is 13.7. The van der Waals surface area contributed by atoms with E-state index in [4.69, 9.17) is 0 Å². The fourth-order valence-corrected chi connectivity index (χ4v) is 3.17. The second-order valence-corrected chi connectivity index (χ2v) is 7.10. The van der Waals surface area contributed by atoms with E-state index in [1.807, 2.05) is 50.2 Å². The Morgan fingerprint density at radius 1 is 1.07 bits per heavy atom. The van der Waals surface area contributed by atoms with Crippen LogP contribution >= 0.6 is 0 Å². The van der Waals surface area contributed by atoms with Crippen LogP contribution in [0.15, 0.2) is 47.3 Å². The van der Waals surface area contributed by atoms with Crippen molar-refractivity contribution in [2.24, 2.45) is 0 Å². The van der Waals surface area contributed by atoms with E-state index in [0.29, 0.717) is 5.69 Å². The number of nitrogens with zero attached hydrogens (tertiary/aromatic N) is 5. The van der Waals surface area contributed by atoms with Gasteiger partial charge < -0.3 is 4.90 Å². The molecule has 29 heavy (non-hydrogen) atoms. The van der Waals surface area contributed by atoms with Crippen LogP contribution in [0, 0.1) is 13.8 Å². The zero-order valence-electron chi connectivity index (χ0n) is 17.1. The fourth-order valence-electron chi connectivity index (χ4n) is 3.17. The Kier molecular flexibility index (Phi) is 5.45. The zero-order valence-corrected chi connectivity index (χ0v) is 17.1. The molecule has 0 radical (unpaired) electrons. The predicted octanol–water partition coefficient (Wildman–Crippen LogP) is 1.93. The zero-order chi connectivity index (χ0) is 21.3. The normalized spacial score (nSPS) is 11.9. The maximum Gasteiger partial charge on any atom is 0.256 e. The molecule has 2 heterocycles. The van der Waals surface area contributed by atoms with E-state index in [0.717, 1.165) is 21.5 Å². The molecule has 0 aliphatic heterocycles. The van der Waals surface area contributed by atoms with Gasteiger partial charge in [-0.2, -0.15) is 5.10 Å². The Hall–Kier alpha value is -3.55. The molecule has 0 spiro atoms. The first-order valence-electron chi connectivity index (χ1n) is 9.15. The van der Waals surface area contributed by atoms with Crippen molar-refractivity contribution in [2.75, 3.05) is 14.1 Å². The summed E-state index contributed by atoms with van der Waals surface area (Å²) in [5, 5.41) is 4.42. The Bertz CT molecular complexity index is 1130. The number of aryl methyl sites for hydroxylation is 2. The molecule has 0 aliphatic rings. The molecule has 150 valence electrons. The molecule has 0 saturated heterocycles. The summed E-state index contributed by atoms with van der Waals surface area (Å²) in [4.78, 5) is 44.2. The van der Waals surface area contributed by atoms with Gasteiger partial charge in [0.05, 0.1) is 11.4 Å². The van der Waals surface area contributed by atoms with Gasteiger partial charge in [0.2, 0.25) is 5.95 Å². The molecular formula is C21H23N5O3. The van der Waals surface area contributed by atoms with Crippen LogP contribution in [0.2, 0.25) is 0 Å². The molecule has 0 aliphatic carbocycles. The van der Waals surface area contributed by atoms with E-state index in [9.17, 15) is 14.4 Å². The number of carbonyl (C=O) groups is 2. The number of amides is 1. The summed E-state index contributed by atoms with van der Waals surface area (Å²) in [5.74, 6) is -0.836. The third-order valence-corrected chi connectivity index (χ3v) is 4.52. The number of ketones is 1. The summed E-state index contributed by atoms with van der Waals surface area (Å²) in [6, 6.07) is 11.1. The minimum atomic E-state index is -1.33. The van der Waals surface area contributed by atoms with Gasteiger partial charge in [-0.25, -0.2) is 9.67 Å². The minimum absolute atomic E-state index is 0.123. The Balaban J connectivity index is 2.36. The lowest BCUT2D eigenvalue weighted by molar-refractivity contribution is -0.137. The lowest BCUT2D eigenvalue weighted by Crippen LogP contribution is -2.42. The van der Waals surface area contributed by atoms with E-state index in [2.05, 4.69) is 10.1 Å². The molecule has 2 aromatic heterocycles. The quantitative estimate of drug-likeness (QED) is 0.618. The van der Waals surface area contributed by atoms with Gasteiger partial charge in [-0.3, -0.25) is 19.0 Å². The number of hydrogen-bond donors (Lipinski definition) is 0. The van der Waals surface area contributed by atoms with Crippen LogP contribution in [-0.4, -0.2) is 50.0 Å². The van der Waals surface area contributed by atoms with Crippen molar-refractivity contribution in [3.8, 4) is 17.2 Å². The van der Waals surface area contributed by atoms with Crippen molar-refractivity contribution in [3.05, 3.63) is 64.2 Å². The van der Waals surface area contributed by atoms with Crippen molar-refractivity contribution < 1.29 is 9.59 Å². The Morgan fingerprint density at radius 3 is 2.24 bits per heavy atom. The highest BCUT2D eigenvalue weighted by Gasteiger charge is 2.31. The summed E-state index contributed by atoms with van der Waals surface area (Å²) in [5.41, 5.74) is 2.14. The second kappa shape index (κ2) is 7.83. The minimum Gasteiger partial charge on any atom is -0.347 e. The summed E-state index contributed by atoms with van der Waals surface area (Å²) in [6.07, 6.45) is 0. The SMILES string of the molecule is CC(=O)[C@H](C(=O)N(C)C)n1c(-n2nc(C)cc2C)nc(-c2ccccc2)cc1=O. The standard InChI is InChI=1S/C21H23N5O3/c1-13-11-14(2)26(23-13)21-22-17(16-9-7-6-8-10-16)12-18(28)25(21)19(15(3)27)20(29)24(4)5/h6-12,19H,1-5H3/t19-/m1/s1. The third-order valence-electron chi connectivity index (χ3n) is 4.52. The number of Topliss-reactive ketones (excluding diaryl/α,β-unsaturated/α-hetero) is 1. The van der Waals surface area contributed by atoms with E-state index in [1.54, 1.807) is 0 Å². The predicted molar refractivity (Wildman–Crippen MR) is 109 cm³/mol. The van der Waals surface area contributed by atoms with Crippen LogP contribution in [0.3, 0.4) is 0 Å². The largest absolute Gasteiger partial charge is 0.347 e. The summed E-state index contributed by atoms with van der Waals surface area (Å²) in [6.45, 7) is 4.93. The molecule has 1 amide bonds. The first-order valence-corrected chi connectivity index (χ1v) is 9.15. The van der Waals surface area contributed by atoms with Gasteiger partial charge in [0.1, 0.15) is 0 Å². The molecule has 8 heteroatoms. The van der Waals surface area contributed by atoms with E-state index < -0.39 is 23.3 Å². The number of hydrogen-bond acceptors (Lipinski definition) is 5. The maximum atomic E-state index is 13.2. The van der Waals surface area contributed by atoms with Crippen molar-refractivity contribution >= 4 is 11.7 Å². The molecule has 0 saturated carbocycles. The van der Waals surface area contributed by atoms with Gasteiger partial charge in [0.15, 0.2) is 11.8 Å². The molecule has 0 fully saturated rings. The average Bonchev–Trinajstić information content (AvgIpc) is 3.01. The van der Waals surface area contributed by atoms with Gasteiger partial charge in [-0.15, -0.1) is 0 Å². The van der Waals surface area contributed by atoms with Gasteiger partial charge >= 0.3 is 0 Å². The molecular weight excluding hydrogens is 370 g/mol. The molecule has 8 nitrogen and oxygen atoms in total. The fraction of sp³-hybridized carbons (Fsp3) is 0.286. The lowest BCUT2D eigenvalue weighted by Gasteiger charge is -2.23. The van der Waals surface area contributed by atoms with Crippen LogP contribution in [-0.2, 0) is 9.59 Å². The highest BCUT2D eigenvalue weighted by atomic mass is 16.2. The molecule has 0 bridgehead atoms. The van der Waals surface area contributed by atoms with Gasteiger partial charge in [-0.05, 0) is 26.8 Å². The van der Waals surface area contributed by atoms with Gasteiger partial charge in [-0.1, -0.05) is 30.3 Å². The van der Waals surface area contributed by atoms with Crippen LogP contribution in [0.25, 0.3) is 17.2 Å². The van der Waals surface area contributed by atoms with Crippen LogP contribution in [0.1, 0.15) is 24.4 Å². The number of aromatic nitrogens is 4. The maximum absolute atomic E-state index is 13.2. The highest BCUT2D eigenvalue weighted by molar-refractivity contribution is 6.02. The number of likely N-dealkylation sites (N-methyl/N-ethyl adjacent to an activating group) is 1. The molecule has 0 N–H and O–H groups in total. The molecule has 3 aromatic rings. The topological polar surface area (TPSA) is 90.1 Å². The molecule has 0 unspecified atom stereocenters. The molecule has 1 atom stereocenters. The number of rotatable bonds is 5. The summed E-state index contributed by atoms with van der Waals surface area (Å²) in [7, 11) is 3.08. The lowest BCUT2D eigenvalue weighted by atomic mass is 10.1. The second-order valence-electron chi connectivity index (χ2n) is 7.10. The smallest absolute Gasteiger partial charge is 0.256 e. The van der Waals surface area contributed by atoms with Crippen molar-refractivity contribution in [3.63, 3.8) is 0 Å². The Morgan fingerprint density at radius 2 is 1.72 bits per heavy atom. The van der Waals surface area contributed by atoms with Crippen molar-refractivity contribution in [1.29, 1.82) is 0 Å².